The molecule has 1 aromatic heterocycles. The van der Waals surface area contributed by atoms with E-state index in [-0.39, 0.29) is 11.4 Å². The number of hydrazone groups is 2. The van der Waals surface area contributed by atoms with Gasteiger partial charge in [-0.1, -0.05) is 5.12 Å². The highest BCUT2D eigenvalue weighted by molar-refractivity contribution is 6.52. The normalized spacial score (nSPS) is 14.4. The Morgan fingerprint density at radius 3 is 2.93 bits per heavy atom. The van der Waals surface area contributed by atoms with Crippen LogP contribution in [0.1, 0.15) is 5.76 Å². The summed E-state index contributed by atoms with van der Waals surface area (Å²) in [4.78, 5) is 0. The van der Waals surface area contributed by atoms with E-state index in [2.05, 4.69) is 15.7 Å². The van der Waals surface area contributed by atoms with Gasteiger partial charge >= 0.3 is 0 Å². The van der Waals surface area contributed by atoms with Gasteiger partial charge in [0.25, 0.3) is 0 Å². The maximum Gasteiger partial charge on any atom is 0.224 e. The molecule has 0 spiro atoms. The van der Waals surface area contributed by atoms with Gasteiger partial charge in [-0.3, -0.25) is 0 Å². The maximum absolute atomic E-state index is 8.77. The summed E-state index contributed by atoms with van der Waals surface area (Å²) in [6, 6.07) is 5.14. The minimum atomic E-state index is 0.0662. The highest BCUT2D eigenvalue weighted by atomic mass is 16.3. The summed E-state index contributed by atoms with van der Waals surface area (Å²) in [6.07, 6.45) is 3.17. The number of nitrogens with zero attached hydrogens (tertiary/aromatic N) is 5. The van der Waals surface area contributed by atoms with Gasteiger partial charge in [-0.05, 0) is 12.1 Å². The summed E-state index contributed by atoms with van der Waals surface area (Å²) in [5.41, 5.74) is 2.56. The molecule has 0 aromatic carbocycles. The number of hydrogen-bond acceptors (Lipinski definition) is 7. The van der Waals surface area contributed by atoms with Crippen molar-refractivity contribution in [1.82, 2.24) is 10.7 Å². The first-order valence-corrected chi connectivity index (χ1v) is 3.91. The largest absolute Gasteiger partial charge is 0.463 e. The quantitative estimate of drug-likeness (QED) is 0.651. The monoisotopic (exact) mass is 200 g/mol. The Balaban J connectivity index is 2.43. The Morgan fingerprint density at radius 2 is 2.33 bits per heavy atom. The molecule has 0 unspecified atom stereocenters. The minimum Gasteiger partial charge on any atom is -0.463 e. The van der Waals surface area contributed by atoms with Crippen LogP contribution >= 0.6 is 0 Å². The first-order valence-electron chi connectivity index (χ1n) is 3.91. The predicted octanol–water partition coefficient (Wildman–Crippen LogP) is 0.165. The molecule has 0 amide bonds. The molecular weight excluding hydrogens is 196 g/mol. The van der Waals surface area contributed by atoms with Crippen LogP contribution in [-0.4, -0.2) is 16.5 Å². The van der Waals surface area contributed by atoms with E-state index in [1.165, 1.54) is 6.26 Å². The van der Waals surface area contributed by atoms with Crippen molar-refractivity contribution in [3.05, 3.63) is 24.2 Å². The minimum absolute atomic E-state index is 0.0662. The van der Waals surface area contributed by atoms with Crippen LogP contribution in [0.25, 0.3) is 0 Å². The maximum atomic E-state index is 8.77. The first kappa shape index (κ1) is 8.78. The average Bonchev–Trinajstić information content (AvgIpc) is 2.81. The van der Waals surface area contributed by atoms with Crippen molar-refractivity contribution in [2.24, 2.45) is 10.2 Å². The molecule has 15 heavy (non-hydrogen) atoms. The second-order valence-electron chi connectivity index (χ2n) is 2.51. The van der Waals surface area contributed by atoms with Gasteiger partial charge in [0, 0.05) is 0 Å². The van der Waals surface area contributed by atoms with Crippen LogP contribution in [0, 0.1) is 22.8 Å². The summed E-state index contributed by atoms with van der Waals surface area (Å²) < 4.78 is 5.07. The number of hydrazine groups is 1. The summed E-state index contributed by atoms with van der Waals surface area (Å²) in [6.45, 7) is 0. The molecule has 0 fully saturated rings. The van der Waals surface area contributed by atoms with Crippen LogP contribution in [0.2, 0.25) is 0 Å². The van der Waals surface area contributed by atoms with E-state index in [1.54, 1.807) is 18.3 Å². The Labute approximate surface area is 84.5 Å². The number of furan rings is 1. The zero-order chi connectivity index (χ0) is 10.7. The molecule has 0 aliphatic carbocycles. The second kappa shape index (κ2) is 3.52. The zero-order valence-electron chi connectivity index (χ0n) is 7.38. The molecule has 7 nitrogen and oxygen atoms in total. The predicted molar refractivity (Wildman–Crippen MR) is 48.9 cm³/mol. The summed E-state index contributed by atoms with van der Waals surface area (Å²) in [5, 5.41) is 25.7. The van der Waals surface area contributed by atoms with Gasteiger partial charge in [0.2, 0.25) is 6.19 Å². The molecule has 0 saturated heterocycles. The average molecular weight is 200 g/mol. The van der Waals surface area contributed by atoms with Crippen molar-refractivity contribution in [2.45, 2.75) is 0 Å². The van der Waals surface area contributed by atoms with Crippen LogP contribution < -0.4 is 5.53 Å². The van der Waals surface area contributed by atoms with Gasteiger partial charge in [-0.25, -0.2) is 0 Å². The molecule has 1 aliphatic heterocycles. The smallest absolute Gasteiger partial charge is 0.224 e. The number of nitrogens with one attached hydrogen (secondary N) is 1. The van der Waals surface area contributed by atoms with Gasteiger partial charge in [0.05, 0.1) is 6.26 Å². The van der Waals surface area contributed by atoms with E-state index < -0.39 is 0 Å². The molecule has 0 radical (unpaired) electrons. The first-order chi connectivity index (χ1) is 7.35. The summed E-state index contributed by atoms with van der Waals surface area (Å²) in [7, 11) is 0. The van der Waals surface area contributed by atoms with E-state index in [0.717, 1.165) is 5.12 Å². The van der Waals surface area contributed by atoms with E-state index in [4.69, 9.17) is 14.9 Å². The Hall–Kier alpha value is -2.80. The molecule has 72 valence electrons. The van der Waals surface area contributed by atoms with E-state index >= 15 is 0 Å². The fourth-order valence-corrected chi connectivity index (χ4v) is 1.02. The summed E-state index contributed by atoms with van der Waals surface area (Å²) in [5.74, 6) is 0.386. The van der Waals surface area contributed by atoms with Crippen molar-refractivity contribution in [3.8, 4) is 12.3 Å². The number of rotatable bonds is 1. The topological polar surface area (TPSA) is 101 Å². The Kier molecular flexibility index (Phi) is 2.06. The molecule has 2 rings (SSSR count). The number of hydrogen-bond donors (Lipinski definition) is 1. The molecule has 0 saturated carbocycles. The van der Waals surface area contributed by atoms with Gasteiger partial charge < -0.3 is 4.42 Å². The zero-order valence-corrected chi connectivity index (χ0v) is 7.38. The van der Waals surface area contributed by atoms with E-state index in [1.807, 2.05) is 6.07 Å². The highest BCUT2D eigenvalue weighted by Crippen LogP contribution is 2.07. The van der Waals surface area contributed by atoms with Gasteiger partial charge in [-0.2, -0.15) is 16.1 Å². The number of nitriles is 2. The van der Waals surface area contributed by atoms with Crippen LogP contribution in [0.5, 0.6) is 0 Å². The molecule has 0 bridgehead atoms. The van der Waals surface area contributed by atoms with Crippen LogP contribution in [0.4, 0.5) is 0 Å². The molecule has 1 aliphatic rings. The van der Waals surface area contributed by atoms with Crippen molar-refractivity contribution in [2.75, 3.05) is 0 Å². The third-order valence-electron chi connectivity index (χ3n) is 1.64. The van der Waals surface area contributed by atoms with Crippen LogP contribution in [0.15, 0.2) is 33.0 Å². The van der Waals surface area contributed by atoms with Crippen LogP contribution in [0.3, 0.4) is 0 Å². The fraction of sp³-hybridized carbons (Fsp3) is 0. The Morgan fingerprint density at radius 1 is 1.47 bits per heavy atom. The lowest BCUT2D eigenvalue weighted by atomic mass is 10.2. The fourth-order valence-electron chi connectivity index (χ4n) is 1.02. The molecule has 1 N–H and O–H groups in total. The third-order valence-corrected chi connectivity index (χ3v) is 1.64. The van der Waals surface area contributed by atoms with Crippen molar-refractivity contribution in [3.63, 3.8) is 0 Å². The third kappa shape index (κ3) is 1.49. The Bertz CT molecular complexity index is 500. The van der Waals surface area contributed by atoms with Crippen molar-refractivity contribution >= 4 is 11.4 Å². The second-order valence-corrected chi connectivity index (χ2v) is 2.51. The van der Waals surface area contributed by atoms with Gasteiger partial charge in [-0.15, -0.1) is 10.2 Å². The van der Waals surface area contributed by atoms with Crippen LogP contribution in [-0.2, 0) is 0 Å². The van der Waals surface area contributed by atoms with Gasteiger partial charge in [0.15, 0.2) is 17.2 Å². The molecule has 1 aromatic rings. The van der Waals surface area contributed by atoms with Crippen molar-refractivity contribution < 1.29 is 4.42 Å². The SMILES string of the molecule is N#CC1=NNN(C#N)N=C1c1ccco1. The molecule has 2 heterocycles. The van der Waals surface area contributed by atoms with Crippen molar-refractivity contribution in [1.29, 1.82) is 10.5 Å². The lowest BCUT2D eigenvalue weighted by molar-refractivity contribution is 0.302. The standard InChI is InChI=1S/C8H4N6O/c9-4-6-8(7-2-1-3-15-7)12-14(5-10)13-11-6/h1-3,13H. The summed E-state index contributed by atoms with van der Waals surface area (Å²) >= 11 is 0. The lowest BCUT2D eigenvalue weighted by Gasteiger charge is -2.14. The lowest BCUT2D eigenvalue weighted by Crippen LogP contribution is -2.34. The molecule has 0 atom stereocenters. The molecule has 7 heteroatoms. The van der Waals surface area contributed by atoms with E-state index in [0.29, 0.717) is 5.76 Å². The van der Waals surface area contributed by atoms with E-state index in [9.17, 15) is 0 Å². The van der Waals surface area contributed by atoms with Gasteiger partial charge in [0.1, 0.15) is 6.07 Å². The highest BCUT2D eigenvalue weighted by Gasteiger charge is 2.20. The molecular formula is C8H4N6O.